The van der Waals surface area contributed by atoms with E-state index in [-0.39, 0.29) is 43.6 Å². The maximum absolute atomic E-state index is 14.2. The first-order chi connectivity index (χ1) is 23.3. The lowest BCUT2D eigenvalue weighted by atomic mass is 9.91. The number of sulfonamides is 1. The average Bonchev–Trinajstić information content (AvgIpc) is 3.93. The summed E-state index contributed by atoms with van der Waals surface area (Å²) in [5, 5.41) is 4.58. The molecule has 2 aliphatic carbocycles. The van der Waals surface area contributed by atoms with Gasteiger partial charge in [0.15, 0.2) is 5.75 Å². The van der Waals surface area contributed by atoms with Crippen molar-refractivity contribution in [3.05, 3.63) is 36.5 Å². The number of anilines is 1. The number of nitrogens with one attached hydrogen (secondary N) is 2. The normalized spacial score (nSPS) is 32.0. The Bertz CT molecular complexity index is 1810. The maximum Gasteiger partial charge on any atom is 0.259 e. The van der Waals surface area contributed by atoms with Gasteiger partial charge in [-0.15, -0.1) is 0 Å². The van der Waals surface area contributed by atoms with Crippen LogP contribution < -0.4 is 24.4 Å². The first-order valence-electron chi connectivity index (χ1n) is 17.6. The highest BCUT2D eigenvalue weighted by molar-refractivity contribution is 7.91. The van der Waals surface area contributed by atoms with Crippen molar-refractivity contribution in [1.29, 1.82) is 0 Å². The molecule has 0 unspecified atom stereocenters. The summed E-state index contributed by atoms with van der Waals surface area (Å²) in [4.78, 5) is 50.1. The number of aromatic nitrogens is 1. The minimum absolute atomic E-state index is 0.115. The molecule has 12 nitrogen and oxygen atoms in total. The number of rotatable bonds is 5. The van der Waals surface area contributed by atoms with E-state index in [0.29, 0.717) is 31.2 Å². The predicted molar refractivity (Wildman–Crippen MR) is 185 cm³/mol. The molecule has 49 heavy (non-hydrogen) atoms. The molecule has 1 saturated heterocycles. The minimum Gasteiger partial charge on any atom is -0.489 e. The number of likely N-dealkylation sites (N-methyl/N-ethyl adjacent to an activating group) is 1. The lowest BCUT2D eigenvalue weighted by molar-refractivity contribution is -0.140. The molecule has 6 atom stereocenters. The summed E-state index contributed by atoms with van der Waals surface area (Å²) < 4.78 is 40.0. The summed E-state index contributed by atoms with van der Waals surface area (Å²) in [5.41, 5.74) is -0.430. The molecule has 2 aromatic rings. The number of carbonyl (C=O) groups excluding carboxylic acids is 3. The predicted octanol–water partition coefficient (Wildman–Crippen LogP) is 3.69. The highest BCUT2D eigenvalue weighted by Crippen LogP contribution is 2.48. The summed E-state index contributed by atoms with van der Waals surface area (Å²) in [6.45, 7) is 7.39. The Morgan fingerprint density at radius 2 is 1.92 bits per heavy atom. The van der Waals surface area contributed by atoms with Gasteiger partial charge in [-0.05, 0) is 75.5 Å². The Balaban J connectivity index is 1.17. The van der Waals surface area contributed by atoms with Crippen LogP contribution in [0.2, 0.25) is 0 Å². The van der Waals surface area contributed by atoms with Crippen molar-refractivity contribution in [2.45, 2.75) is 94.6 Å². The lowest BCUT2D eigenvalue weighted by Crippen LogP contribution is -2.57. The van der Waals surface area contributed by atoms with Crippen LogP contribution in [0, 0.1) is 17.8 Å². The highest BCUT2D eigenvalue weighted by Gasteiger charge is 2.63. The van der Waals surface area contributed by atoms with E-state index in [4.69, 9.17) is 9.47 Å². The van der Waals surface area contributed by atoms with Crippen molar-refractivity contribution in [1.82, 2.24) is 19.9 Å². The summed E-state index contributed by atoms with van der Waals surface area (Å²) in [7, 11) is -1.90. The van der Waals surface area contributed by atoms with Crippen LogP contribution in [0.15, 0.2) is 36.5 Å². The standard InChI is InChI=1S/C36H47N5O7S/c1-22-7-5-6-8-24-20-36(24,34(44)39-49(45,46)35(3)12-13-35)38-32(43)29-19-25(21-41(29)30(42)18-23(2)17-22)48-33-27-9-10-28-31(26(27)11-14-37-33)47-16-15-40(28)4/h6,8-11,14,22-25,29H,5,7,12-13,15-21H2,1-4H3,(H,38,43)(H,39,44)/b8-6-/t22-,23-,24-,25-,29+,36-/m1/s1. The van der Waals surface area contributed by atoms with Crippen molar-refractivity contribution < 1.29 is 32.3 Å². The van der Waals surface area contributed by atoms with Crippen LogP contribution >= 0.6 is 0 Å². The van der Waals surface area contributed by atoms with Crippen molar-refractivity contribution in [3.8, 4) is 11.6 Å². The number of hydrogen-bond acceptors (Lipinski definition) is 9. The van der Waals surface area contributed by atoms with E-state index < -0.39 is 44.3 Å². The Morgan fingerprint density at radius 3 is 2.69 bits per heavy atom. The minimum atomic E-state index is -3.92. The number of fused-ring (bicyclic) bond motifs is 5. The van der Waals surface area contributed by atoms with Crippen LogP contribution in [0.25, 0.3) is 10.8 Å². The Labute approximate surface area is 288 Å². The quantitative estimate of drug-likeness (QED) is 0.448. The van der Waals surface area contributed by atoms with E-state index >= 15 is 0 Å². The molecular weight excluding hydrogens is 646 g/mol. The largest absolute Gasteiger partial charge is 0.489 e. The summed E-state index contributed by atoms with van der Waals surface area (Å²) in [6, 6.07) is 4.93. The molecule has 3 fully saturated rings. The van der Waals surface area contributed by atoms with Gasteiger partial charge < -0.3 is 24.6 Å². The molecule has 4 heterocycles. The number of pyridine rings is 1. The van der Waals surface area contributed by atoms with Gasteiger partial charge in [0, 0.05) is 42.8 Å². The zero-order chi connectivity index (χ0) is 34.7. The Morgan fingerprint density at radius 1 is 1.12 bits per heavy atom. The third-order valence-corrected chi connectivity index (χ3v) is 13.4. The van der Waals surface area contributed by atoms with Gasteiger partial charge in [0.1, 0.15) is 24.3 Å². The maximum atomic E-state index is 14.2. The van der Waals surface area contributed by atoms with Gasteiger partial charge >= 0.3 is 0 Å². The van der Waals surface area contributed by atoms with Gasteiger partial charge in [-0.25, -0.2) is 13.4 Å². The third-order valence-electron chi connectivity index (χ3n) is 11.2. The van der Waals surface area contributed by atoms with E-state index in [9.17, 15) is 22.8 Å². The average molecular weight is 694 g/mol. The first-order valence-corrected chi connectivity index (χ1v) is 19.1. The Hall–Kier alpha value is -3.87. The number of nitrogens with zero attached hydrogens (tertiary/aromatic N) is 3. The molecular formula is C36H47N5O7S. The number of hydrogen-bond donors (Lipinski definition) is 2. The monoisotopic (exact) mass is 693 g/mol. The molecule has 2 N–H and O–H groups in total. The van der Waals surface area contributed by atoms with Crippen LogP contribution in [-0.2, 0) is 24.4 Å². The van der Waals surface area contributed by atoms with Crippen LogP contribution in [-0.4, -0.2) is 85.2 Å². The van der Waals surface area contributed by atoms with Crippen molar-refractivity contribution in [2.24, 2.45) is 17.8 Å². The van der Waals surface area contributed by atoms with Crippen LogP contribution in [0.5, 0.6) is 11.6 Å². The number of ether oxygens (including phenoxy) is 2. The lowest BCUT2D eigenvalue weighted by Gasteiger charge is -2.28. The molecule has 3 amide bonds. The van der Waals surface area contributed by atoms with E-state index in [1.165, 1.54) is 0 Å². The summed E-state index contributed by atoms with van der Waals surface area (Å²) >= 11 is 0. The van der Waals surface area contributed by atoms with Gasteiger partial charge in [0.2, 0.25) is 27.7 Å². The fourth-order valence-electron chi connectivity index (χ4n) is 7.72. The van der Waals surface area contributed by atoms with Crippen LogP contribution in [0.1, 0.15) is 72.1 Å². The van der Waals surface area contributed by atoms with Crippen molar-refractivity contribution >= 4 is 44.2 Å². The van der Waals surface area contributed by atoms with Gasteiger partial charge in [0.25, 0.3) is 5.91 Å². The fraction of sp³-hybridized carbons (Fsp3) is 0.611. The molecule has 264 valence electrons. The van der Waals surface area contributed by atoms with Gasteiger partial charge in [-0.2, -0.15) is 0 Å². The second kappa shape index (κ2) is 12.5. The SMILES string of the molecule is C[C@@H]1CC/C=C\[C@@H]2C[C@@]2(C(=O)NS(=O)(=O)C2(C)CC2)NC(=O)[C@@H]2C[C@@H](Oc3nccc4c5c(ccc34)N(C)CCO5)CN2C(=O)C[C@H](C)C1. The number of carbonyl (C=O) groups is 3. The molecule has 1 aromatic heterocycles. The zero-order valence-electron chi connectivity index (χ0n) is 28.7. The molecule has 13 heteroatoms. The highest BCUT2D eigenvalue weighted by atomic mass is 32.2. The van der Waals surface area contributed by atoms with Gasteiger partial charge in [0.05, 0.1) is 23.5 Å². The van der Waals surface area contributed by atoms with E-state index in [1.807, 2.05) is 37.4 Å². The molecule has 2 saturated carbocycles. The van der Waals surface area contributed by atoms with E-state index in [1.54, 1.807) is 18.0 Å². The molecule has 0 spiro atoms. The summed E-state index contributed by atoms with van der Waals surface area (Å²) in [5.74, 6) is -0.0717. The number of allylic oxidation sites excluding steroid dienone is 1. The van der Waals surface area contributed by atoms with Crippen LogP contribution in [0.3, 0.4) is 0 Å². The second-order valence-corrected chi connectivity index (χ2v) is 17.4. The molecule has 0 radical (unpaired) electrons. The molecule has 3 aliphatic heterocycles. The number of benzene rings is 1. The molecule has 7 rings (SSSR count). The first kappa shape index (κ1) is 33.6. The zero-order valence-corrected chi connectivity index (χ0v) is 29.6. The Kier molecular flexibility index (Phi) is 8.56. The van der Waals surface area contributed by atoms with Gasteiger partial charge in [-0.3, -0.25) is 19.1 Å². The fourth-order valence-corrected chi connectivity index (χ4v) is 9.03. The van der Waals surface area contributed by atoms with Crippen molar-refractivity contribution in [2.75, 3.05) is 31.6 Å². The molecule has 1 aromatic carbocycles. The molecule has 0 bridgehead atoms. The van der Waals surface area contributed by atoms with Gasteiger partial charge in [-0.1, -0.05) is 26.0 Å². The van der Waals surface area contributed by atoms with Crippen molar-refractivity contribution in [3.63, 3.8) is 0 Å². The third kappa shape index (κ3) is 6.34. The van der Waals surface area contributed by atoms with Crippen LogP contribution in [0.4, 0.5) is 5.69 Å². The molecule has 5 aliphatic rings. The second-order valence-electron chi connectivity index (χ2n) is 15.2. The topological polar surface area (TPSA) is 147 Å². The van der Waals surface area contributed by atoms with E-state index in [2.05, 4.69) is 33.8 Å². The smallest absolute Gasteiger partial charge is 0.259 e. The van der Waals surface area contributed by atoms with E-state index in [0.717, 1.165) is 48.0 Å². The summed E-state index contributed by atoms with van der Waals surface area (Å²) in [6.07, 6.45) is 9.39. The number of amides is 3.